The number of rotatable bonds is 7. The largest absolute Gasteiger partial charge is 0.496 e. The molecule has 0 saturated carbocycles. The molecule has 31 heavy (non-hydrogen) atoms. The number of benzene rings is 2. The quantitative estimate of drug-likeness (QED) is 0.666. The molecule has 2 atom stereocenters. The van der Waals surface area contributed by atoms with Crippen LogP contribution in [0.3, 0.4) is 0 Å². The number of nitrogens with zero attached hydrogens (tertiary/aromatic N) is 1. The van der Waals surface area contributed by atoms with E-state index in [-0.39, 0.29) is 16.9 Å². The second-order valence-electron chi connectivity index (χ2n) is 7.20. The van der Waals surface area contributed by atoms with Crippen LogP contribution in [0.25, 0.3) is 0 Å². The van der Waals surface area contributed by atoms with E-state index < -0.39 is 28.5 Å². The maximum atomic E-state index is 13.1. The van der Waals surface area contributed by atoms with Crippen LogP contribution in [0.4, 0.5) is 5.69 Å². The van der Waals surface area contributed by atoms with Gasteiger partial charge in [-0.1, -0.05) is 18.2 Å². The Hall–Kier alpha value is -3.11. The fourth-order valence-corrected chi connectivity index (χ4v) is 4.72. The van der Waals surface area contributed by atoms with Gasteiger partial charge in [0.2, 0.25) is 15.9 Å². The third-order valence-electron chi connectivity index (χ3n) is 4.87. The van der Waals surface area contributed by atoms with Crippen LogP contribution in [0.1, 0.15) is 31.9 Å². The number of amides is 1. The summed E-state index contributed by atoms with van der Waals surface area (Å²) < 4.78 is 39.7. The molecule has 1 aliphatic heterocycles. The monoisotopic (exact) mass is 448 g/mol. The lowest BCUT2D eigenvalue weighted by Gasteiger charge is -2.33. The van der Waals surface area contributed by atoms with Gasteiger partial charge in [0.1, 0.15) is 17.6 Å². The van der Waals surface area contributed by atoms with Crippen molar-refractivity contribution < 1.29 is 32.6 Å². The highest BCUT2D eigenvalue weighted by molar-refractivity contribution is 7.89. The number of aliphatic carboxylic acids is 1. The van der Waals surface area contributed by atoms with Gasteiger partial charge < -0.3 is 19.5 Å². The molecular weight excluding hydrogens is 424 g/mol. The number of nitrogens with one attached hydrogen (secondary N) is 1. The predicted molar refractivity (Wildman–Crippen MR) is 113 cm³/mol. The summed E-state index contributed by atoms with van der Waals surface area (Å²) in [5.74, 6) is -0.641. The minimum absolute atomic E-state index is 0.110. The highest BCUT2D eigenvalue weighted by Gasteiger charge is 2.30. The summed E-state index contributed by atoms with van der Waals surface area (Å²) in [6, 6.07) is 9.75. The number of carboxylic acids is 1. The average Bonchev–Trinajstić information content (AvgIpc) is 2.71. The highest BCUT2D eigenvalue weighted by atomic mass is 32.2. The molecule has 0 aromatic heterocycles. The van der Waals surface area contributed by atoms with E-state index in [2.05, 4.69) is 4.72 Å². The Kier molecular flexibility index (Phi) is 6.51. The van der Waals surface area contributed by atoms with Crippen molar-refractivity contribution in [3.63, 3.8) is 0 Å². The first-order valence-electron chi connectivity index (χ1n) is 9.58. The zero-order chi connectivity index (χ0) is 22.8. The predicted octanol–water partition coefficient (Wildman–Crippen LogP) is 2.32. The van der Waals surface area contributed by atoms with Crippen LogP contribution in [0.15, 0.2) is 47.4 Å². The molecule has 0 spiro atoms. The molecule has 0 fully saturated rings. The van der Waals surface area contributed by atoms with Crippen molar-refractivity contribution >= 4 is 27.6 Å². The fourth-order valence-electron chi connectivity index (χ4n) is 3.48. The number of carbonyl (C=O) groups excluding carboxylic acids is 1. The SMILES string of the molecule is COc1ccccc1[C@@H](CC(=O)O)NS(=O)(=O)c1ccc2c(c1)N(C(C)=O)C[C@H](C)O2. The average molecular weight is 448 g/mol. The van der Waals surface area contributed by atoms with Gasteiger partial charge in [-0.25, -0.2) is 13.1 Å². The van der Waals surface area contributed by atoms with E-state index in [4.69, 9.17) is 9.47 Å². The Morgan fingerprint density at radius 3 is 2.65 bits per heavy atom. The standard InChI is InChI=1S/C21H24N2O7S/c1-13-12-23(14(2)24)18-10-15(8-9-20(18)30-13)31(27,28)22-17(11-21(25)26)16-6-4-5-7-19(16)29-3/h4-10,13,17,22H,11-12H2,1-3H3,(H,25,26)/t13-,17+/m0/s1. The second-order valence-corrected chi connectivity index (χ2v) is 8.92. The fraction of sp³-hybridized carbons (Fsp3) is 0.333. The van der Waals surface area contributed by atoms with Crippen molar-refractivity contribution in [2.75, 3.05) is 18.6 Å². The number of hydrogen-bond acceptors (Lipinski definition) is 6. The van der Waals surface area contributed by atoms with Crippen molar-refractivity contribution in [1.29, 1.82) is 0 Å². The normalized spacial score (nSPS) is 16.7. The lowest BCUT2D eigenvalue weighted by atomic mass is 10.0. The molecule has 0 unspecified atom stereocenters. The number of para-hydroxylation sites is 1. The van der Waals surface area contributed by atoms with E-state index in [9.17, 15) is 23.1 Å². The van der Waals surface area contributed by atoms with Gasteiger partial charge in [-0.15, -0.1) is 0 Å². The molecule has 1 heterocycles. The maximum Gasteiger partial charge on any atom is 0.305 e. The molecule has 0 bridgehead atoms. The Labute approximate surface area is 180 Å². The van der Waals surface area contributed by atoms with Crippen LogP contribution in [0.5, 0.6) is 11.5 Å². The van der Waals surface area contributed by atoms with Crippen molar-refractivity contribution in [2.24, 2.45) is 0 Å². The van der Waals surface area contributed by atoms with Gasteiger partial charge in [0, 0.05) is 12.5 Å². The van der Waals surface area contributed by atoms with Gasteiger partial charge in [-0.3, -0.25) is 9.59 Å². The van der Waals surface area contributed by atoms with Gasteiger partial charge in [0.25, 0.3) is 0 Å². The summed E-state index contributed by atoms with van der Waals surface area (Å²) in [7, 11) is -2.71. The van der Waals surface area contributed by atoms with E-state index >= 15 is 0 Å². The first-order valence-corrected chi connectivity index (χ1v) is 11.1. The van der Waals surface area contributed by atoms with E-state index in [1.54, 1.807) is 24.3 Å². The Morgan fingerprint density at radius 1 is 1.29 bits per heavy atom. The van der Waals surface area contributed by atoms with Gasteiger partial charge in [0.15, 0.2) is 0 Å². The van der Waals surface area contributed by atoms with Crippen LogP contribution in [-0.2, 0) is 19.6 Å². The zero-order valence-corrected chi connectivity index (χ0v) is 18.2. The molecule has 1 aliphatic rings. The molecule has 166 valence electrons. The molecule has 9 nitrogen and oxygen atoms in total. The number of hydrogen-bond donors (Lipinski definition) is 2. The van der Waals surface area contributed by atoms with E-state index in [1.807, 2.05) is 6.92 Å². The van der Waals surface area contributed by atoms with Crippen molar-refractivity contribution in [2.45, 2.75) is 37.3 Å². The van der Waals surface area contributed by atoms with Gasteiger partial charge in [-0.05, 0) is 31.2 Å². The Bertz CT molecular complexity index is 1100. The number of ether oxygens (including phenoxy) is 2. The number of carbonyl (C=O) groups is 2. The number of anilines is 1. The molecule has 0 saturated heterocycles. The van der Waals surface area contributed by atoms with E-state index in [1.165, 1.54) is 37.1 Å². The Morgan fingerprint density at radius 2 is 2.00 bits per heavy atom. The van der Waals surface area contributed by atoms with E-state index in [0.717, 1.165) is 0 Å². The number of fused-ring (bicyclic) bond motifs is 1. The molecule has 2 aromatic carbocycles. The summed E-state index contributed by atoms with van der Waals surface area (Å²) in [5.41, 5.74) is 0.747. The summed E-state index contributed by atoms with van der Waals surface area (Å²) in [4.78, 5) is 24.8. The van der Waals surface area contributed by atoms with E-state index in [0.29, 0.717) is 29.3 Å². The molecule has 2 aromatic rings. The number of carboxylic acid groups (broad SMARTS) is 1. The zero-order valence-electron chi connectivity index (χ0n) is 17.4. The summed E-state index contributed by atoms with van der Waals surface area (Å²) in [6.45, 7) is 3.50. The third-order valence-corrected chi connectivity index (χ3v) is 6.34. The summed E-state index contributed by atoms with van der Waals surface area (Å²) in [5, 5.41) is 9.32. The van der Waals surface area contributed by atoms with Crippen LogP contribution in [0, 0.1) is 0 Å². The first kappa shape index (κ1) is 22.6. The first-order chi connectivity index (χ1) is 14.6. The van der Waals surface area contributed by atoms with Crippen LogP contribution < -0.4 is 19.1 Å². The van der Waals surface area contributed by atoms with Gasteiger partial charge in [-0.2, -0.15) is 0 Å². The lowest BCUT2D eigenvalue weighted by Crippen LogP contribution is -2.41. The summed E-state index contributed by atoms with van der Waals surface area (Å²) >= 11 is 0. The summed E-state index contributed by atoms with van der Waals surface area (Å²) in [6.07, 6.45) is -0.715. The lowest BCUT2D eigenvalue weighted by molar-refractivity contribution is -0.137. The van der Waals surface area contributed by atoms with Gasteiger partial charge >= 0.3 is 5.97 Å². The van der Waals surface area contributed by atoms with Crippen molar-refractivity contribution in [1.82, 2.24) is 4.72 Å². The van der Waals surface area contributed by atoms with Gasteiger partial charge in [0.05, 0.1) is 36.7 Å². The molecule has 2 N–H and O–H groups in total. The number of methoxy groups -OCH3 is 1. The molecule has 3 rings (SSSR count). The van der Waals surface area contributed by atoms with Crippen LogP contribution in [-0.4, -0.2) is 45.2 Å². The molecule has 10 heteroatoms. The molecule has 1 amide bonds. The maximum absolute atomic E-state index is 13.1. The molecule has 0 radical (unpaired) electrons. The third kappa shape index (κ3) is 4.97. The Balaban J connectivity index is 1.99. The second kappa shape index (κ2) is 8.94. The minimum atomic E-state index is -4.14. The van der Waals surface area contributed by atoms with Crippen molar-refractivity contribution in [3.05, 3.63) is 48.0 Å². The molecule has 0 aliphatic carbocycles. The topological polar surface area (TPSA) is 122 Å². The van der Waals surface area contributed by atoms with Crippen LogP contribution in [0.2, 0.25) is 0 Å². The van der Waals surface area contributed by atoms with Crippen LogP contribution >= 0.6 is 0 Å². The molecular formula is C21H24N2O7S. The minimum Gasteiger partial charge on any atom is -0.496 e. The number of sulfonamides is 1. The highest BCUT2D eigenvalue weighted by Crippen LogP contribution is 2.36. The van der Waals surface area contributed by atoms with Crippen molar-refractivity contribution in [3.8, 4) is 11.5 Å². The smallest absolute Gasteiger partial charge is 0.305 e.